The molecule has 1 aliphatic carbocycles. The second kappa shape index (κ2) is 7.82. The van der Waals surface area contributed by atoms with Gasteiger partial charge in [-0.25, -0.2) is 8.78 Å². The van der Waals surface area contributed by atoms with Crippen molar-refractivity contribution in [3.63, 3.8) is 0 Å². The lowest BCUT2D eigenvalue weighted by Gasteiger charge is -2.49. The fourth-order valence-electron chi connectivity index (χ4n) is 5.60. The van der Waals surface area contributed by atoms with Gasteiger partial charge in [0.2, 0.25) is 0 Å². The highest BCUT2D eigenvalue weighted by Crippen LogP contribution is 2.54. The van der Waals surface area contributed by atoms with Crippen LogP contribution in [0.4, 0.5) is 8.78 Å². The number of nitrogens with one attached hydrogen (secondary N) is 1. The molecule has 0 fully saturated rings. The van der Waals surface area contributed by atoms with Crippen molar-refractivity contribution in [2.45, 2.75) is 51.4 Å². The summed E-state index contributed by atoms with van der Waals surface area (Å²) >= 11 is 0. The van der Waals surface area contributed by atoms with E-state index in [2.05, 4.69) is 20.5 Å². The fraction of sp³-hybridized carbons (Fsp3) is 0.385. The smallest absolute Gasteiger partial charge is 0.164 e. The lowest BCUT2D eigenvalue weighted by Crippen LogP contribution is -2.55. The van der Waals surface area contributed by atoms with E-state index < -0.39 is 29.0 Å². The molecule has 0 spiro atoms. The van der Waals surface area contributed by atoms with Gasteiger partial charge in [0, 0.05) is 23.0 Å². The third kappa shape index (κ3) is 3.04. The third-order valence-electron chi connectivity index (χ3n) is 7.25. The minimum Gasteiger partial charge on any atom is -0.494 e. The zero-order valence-corrected chi connectivity index (χ0v) is 19.5. The number of carbonyl (C=O) groups excluding carboxylic acids is 1. The van der Waals surface area contributed by atoms with Gasteiger partial charge in [-0.2, -0.15) is 10.2 Å². The lowest BCUT2D eigenvalue weighted by molar-refractivity contribution is -0.120. The Balaban J connectivity index is 1.78. The molecule has 1 aromatic carbocycles. The first-order valence-corrected chi connectivity index (χ1v) is 11.3. The van der Waals surface area contributed by atoms with Crippen molar-refractivity contribution in [1.82, 2.24) is 10.3 Å². The molecule has 0 saturated carbocycles. The average Bonchev–Trinajstić information content (AvgIpc) is 3.30. The molecule has 3 atom stereocenters. The van der Waals surface area contributed by atoms with Crippen molar-refractivity contribution in [2.75, 3.05) is 7.11 Å². The molecule has 6 nitrogen and oxygen atoms in total. The molecular weight excluding hydrogens is 438 g/mol. The number of ketones is 1. The highest BCUT2D eigenvalue weighted by atomic mass is 19.1. The normalized spacial score (nSPS) is 27.1. The van der Waals surface area contributed by atoms with E-state index >= 15 is 4.39 Å². The number of alkyl halides is 1. The molecule has 0 amide bonds. The standard InChI is InChI=1S/C26H26F2N4O2/c1-5-26(15-8-6-7-14(9-15)20-17(27)12-29-13-19(20)34-4)16-11-30-32-24(16)31-22-21(26)18(33)10-25(2,3)23(22)28/h6-9,11-13,23-24,31H,5,10H2,1-4H3/t23-,24?,26-/m1/s1. The Hall–Kier alpha value is -3.42. The van der Waals surface area contributed by atoms with E-state index in [4.69, 9.17) is 4.74 Å². The quantitative estimate of drug-likeness (QED) is 0.656. The number of halogens is 2. The molecule has 0 saturated heterocycles. The molecule has 2 aromatic rings. The van der Waals surface area contributed by atoms with Crippen LogP contribution < -0.4 is 10.1 Å². The second-order valence-corrected chi connectivity index (χ2v) is 9.64. The first kappa shape index (κ1) is 22.4. The van der Waals surface area contributed by atoms with Crippen LogP contribution in [0.3, 0.4) is 0 Å². The summed E-state index contributed by atoms with van der Waals surface area (Å²) in [7, 11) is 1.46. The summed E-state index contributed by atoms with van der Waals surface area (Å²) in [6.45, 7) is 5.48. The largest absolute Gasteiger partial charge is 0.494 e. The highest BCUT2D eigenvalue weighted by molar-refractivity contribution is 6.02. The Kier molecular flexibility index (Phi) is 5.15. The number of azo groups is 1. The maximum absolute atomic E-state index is 15.8. The Morgan fingerprint density at radius 1 is 1.26 bits per heavy atom. The van der Waals surface area contributed by atoms with Crippen LogP contribution >= 0.6 is 0 Å². The fourth-order valence-corrected chi connectivity index (χ4v) is 5.60. The first-order chi connectivity index (χ1) is 16.2. The van der Waals surface area contributed by atoms with Gasteiger partial charge in [-0.15, -0.1) is 0 Å². The van der Waals surface area contributed by atoms with Crippen LogP contribution in [0.1, 0.15) is 39.2 Å². The molecule has 1 unspecified atom stereocenters. The third-order valence-corrected chi connectivity index (χ3v) is 7.25. The number of Topliss-reactive ketones (excluding diaryl/α,β-unsaturated/α-hetero) is 1. The molecule has 0 bridgehead atoms. The maximum Gasteiger partial charge on any atom is 0.164 e. The van der Waals surface area contributed by atoms with E-state index in [0.29, 0.717) is 23.3 Å². The molecule has 0 radical (unpaired) electrons. The van der Waals surface area contributed by atoms with Gasteiger partial charge in [-0.3, -0.25) is 9.78 Å². The van der Waals surface area contributed by atoms with Crippen molar-refractivity contribution in [1.29, 1.82) is 0 Å². The van der Waals surface area contributed by atoms with Gasteiger partial charge in [0.25, 0.3) is 0 Å². The molecule has 34 heavy (non-hydrogen) atoms. The Bertz CT molecular complexity index is 1280. The number of methoxy groups -OCH3 is 1. The molecule has 1 aromatic heterocycles. The molecule has 5 rings (SSSR count). The van der Waals surface area contributed by atoms with Gasteiger partial charge in [0.05, 0.1) is 42.4 Å². The monoisotopic (exact) mass is 464 g/mol. The number of hydrogen-bond acceptors (Lipinski definition) is 6. The van der Waals surface area contributed by atoms with Crippen LogP contribution in [0.2, 0.25) is 0 Å². The number of rotatable bonds is 4. The van der Waals surface area contributed by atoms with E-state index in [1.54, 1.807) is 26.1 Å². The molecule has 8 heteroatoms. The number of fused-ring (bicyclic) bond motifs is 1. The number of hydrogen-bond donors (Lipinski definition) is 1. The number of benzene rings is 1. The van der Waals surface area contributed by atoms with Gasteiger partial charge in [0.1, 0.15) is 11.9 Å². The molecule has 1 N–H and O–H groups in total. The SMILES string of the molecule is CC[C@@]1(c2cccc(-c3c(F)cncc3OC)c2)C2=CN=NC2NC2=C1C(=O)CC(C)(C)[C@@H]2F. The summed E-state index contributed by atoms with van der Waals surface area (Å²) < 4.78 is 36.0. The van der Waals surface area contributed by atoms with Crippen molar-refractivity contribution in [3.05, 3.63) is 71.1 Å². The Morgan fingerprint density at radius 2 is 2.06 bits per heavy atom. The number of nitrogens with zero attached hydrogens (tertiary/aromatic N) is 3. The number of ether oxygens (including phenoxy) is 1. The minimum absolute atomic E-state index is 0.0924. The van der Waals surface area contributed by atoms with Crippen LogP contribution in [-0.4, -0.2) is 30.2 Å². The first-order valence-electron chi connectivity index (χ1n) is 11.3. The summed E-state index contributed by atoms with van der Waals surface area (Å²) in [6.07, 6.45) is 2.91. The Labute approximate surface area is 196 Å². The van der Waals surface area contributed by atoms with Crippen molar-refractivity contribution < 1.29 is 18.3 Å². The highest BCUT2D eigenvalue weighted by Gasteiger charge is 2.56. The van der Waals surface area contributed by atoms with Crippen LogP contribution in [0.5, 0.6) is 5.75 Å². The van der Waals surface area contributed by atoms with E-state index in [9.17, 15) is 9.18 Å². The summed E-state index contributed by atoms with van der Waals surface area (Å²) in [5.74, 6) is -0.322. The number of aromatic nitrogens is 1. The van der Waals surface area contributed by atoms with Gasteiger partial charge in [0.15, 0.2) is 17.8 Å². The Morgan fingerprint density at radius 3 is 2.79 bits per heavy atom. The van der Waals surface area contributed by atoms with Crippen LogP contribution in [0.15, 0.2) is 69.9 Å². The van der Waals surface area contributed by atoms with Gasteiger partial charge in [-0.05, 0) is 23.6 Å². The molecule has 176 valence electrons. The summed E-state index contributed by atoms with van der Waals surface area (Å²) in [5, 5.41) is 11.5. The van der Waals surface area contributed by atoms with Crippen molar-refractivity contribution in [2.24, 2.45) is 15.6 Å². The molecule has 2 aliphatic heterocycles. The maximum atomic E-state index is 15.8. The van der Waals surface area contributed by atoms with Crippen LogP contribution in [0.25, 0.3) is 11.1 Å². The van der Waals surface area contributed by atoms with Crippen molar-refractivity contribution in [3.8, 4) is 16.9 Å². The molecular formula is C26H26F2N4O2. The summed E-state index contributed by atoms with van der Waals surface area (Å²) in [4.78, 5) is 17.5. The second-order valence-electron chi connectivity index (χ2n) is 9.64. The average molecular weight is 465 g/mol. The van der Waals surface area contributed by atoms with E-state index in [0.717, 1.165) is 17.3 Å². The lowest BCUT2D eigenvalue weighted by atomic mass is 9.58. The summed E-state index contributed by atoms with van der Waals surface area (Å²) in [6, 6.07) is 7.33. The van der Waals surface area contributed by atoms with Crippen LogP contribution in [0, 0.1) is 11.2 Å². The van der Waals surface area contributed by atoms with E-state index in [-0.39, 0.29) is 23.5 Å². The van der Waals surface area contributed by atoms with Gasteiger partial charge < -0.3 is 10.1 Å². The number of pyridine rings is 1. The predicted molar refractivity (Wildman–Crippen MR) is 123 cm³/mol. The number of allylic oxidation sites excluding steroid dienone is 2. The zero-order valence-electron chi connectivity index (χ0n) is 19.5. The van der Waals surface area contributed by atoms with Crippen LogP contribution in [-0.2, 0) is 10.2 Å². The predicted octanol–water partition coefficient (Wildman–Crippen LogP) is 5.41. The molecule has 3 aliphatic rings. The number of carbonyl (C=O) groups is 1. The van der Waals surface area contributed by atoms with Gasteiger partial charge >= 0.3 is 0 Å². The van der Waals surface area contributed by atoms with Crippen molar-refractivity contribution >= 4 is 5.78 Å². The molecule has 3 heterocycles. The minimum atomic E-state index is -1.36. The van der Waals surface area contributed by atoms with Gasteiger partial charge in [-0.1, -0.05) is 39.0 Å². The summed E-state index contributed by atoms with van der Waals surface area (Å²) in [5.41, 5.74) is 1.30. The zero-order chi connectivity index (χ0) is 24.3. The topological polar surface area (TPSA) is 75.9 Å². The van der Waals surface area contributed by atoms with E-state index in [1.165, 1.54) is 13.3 Å². The van der Waals surface area contributed by atoms with E-state index in [1.807, 2.05) is 25.1 Å².